The molecule has 5 N–H and O–H groups in total. The Morgan fingerprint density at radius 1 is 0.918 bits per heavy atom. The molecule has 0 saturated carbocycles. The lowest BCUT2D eigenvalue weighted by molar-refractivity contribution is -0.132. The average Bonchev–Trinajstić information content (AvgIpc) is 3.53. The molecule has 3 heterocycles. The summed E-state index contributed by atoms with van der Waals surface area (Å²) in [5, 5.41) is 20.5. The zero-order valence-corrected chi connectivity index (χ0v) is 27.5. The topological polar surface area (TPSA) is 184 Å². The second kappa shape index (κ2) is 19.7. The zero-order valence-electron chi connectivity index (χ0n) is 26.7. The van der Waals surface area contributed by atoms with Gasteiger partial charge in [-0.3, -0.25) is 14.4 Å². The van der Waals surface area contributed by atoms with Crippen molar-refractivity contribution in [2.75, 3.05) is 63.2 Å². The number of carbonyl (C=O) groups is 4. The van der Waals surface area contributed by atoms with E-state index in [9.17, 15) is 24.3 Å². The summed E-state index contributed by atoms with van der Waals surface area (Å²) in [5.74, 6) is 5.20. The van der Waals surface area contributed by atoms with Crippen LogP contribution in [0.2, 0.25) is 5.15 Å². The van der Waals surface area contributed by atoms with Crippen molar-refractivity contribution in [2.24, 2.45) is 0 Å². The predicted molar refractivity (Wildman–Crippen MR) is 182 cm³/mol. The minimum atomic E-state index is -0.490. The van der Waals surface area contributed by atoms with E-state index >= 15 is 0 Å². The molecule has 5 amide bonds. The Bertz CT molecular complexity index is 1660. The van der Waals surface area contributed by atoms with Gasteiger partial charge in [0.25, 0.3) is 5.91 Å². The fourth-order valence-electron chi connectivity index (χ4n) is 4.54. The first-order valence-corrected chi connectivity index (χ1v) is 16.1. The van der Waals surface area contributed by atoms with Crippen LogP contribution in [0.4, 0.5) is 16.2 Å². The van der Waals surface area contributed by atoms with Gasteiger partial charge in [0.2, 0.25) is 11.8 Å². The minimum absolute atomic E-state index is 0.0873. The molecule has 1 aliphatic rings. The van der Waals surface area contributed by atoms with Gasteiger partial charge in [0.1, 0.15) is 10.8 Å². The van der Waals surface area contributed by atoms with E-state index in [1.807, 2.05) is 0 Å². The highest BCUT2D eigenvalue weighted by molar-refractivity contribution is 6.29. The third kappa shape index (κ3) is 13.5. The summed E-state index contributed by atoms with van der Waals surface area (Å²) in [7, 11) is 0. The van der Waals surface area contributed by atoms with Crippen LogP contribution in [0, 0.1) is 11.8 Å². The van der Waals surface area contributed by atoms with Crippen molar-refractivity contribution in [1.82, 2.24) is 25.5 Å². The number of amides is 5. The molecular formula is C34H38ClN7O7. The minimum Gasteiger partial charge on any atom is -0.391 e. The molecule has 0 aliphatic carbocycles. The molecule has 1 fully saturated rings. The Labute approximate surface area is 288 Å². The number of anilines is 2. The largest absolute Gasteiger partial charge is 0.391 e. The number of hydrogen-bond donors (Lipinski definition) is 5. The van der Waals surface area contributed by atoms with Gasteiger partial charge < -0.3 is 40.7 Å². The van der Waals surface area contributed by atoms with E-state index in [1.54, 1.807) is 42.5 Å². The SMILES string of the molecule is O=C(CCOCCCOCCNC(=O)c1cccc(C#Cc2cc(NC(=O)Nc3ccnc(Cl)c3)ccn2)c1)NCC(=O)N1CCC(O)C1. The van der Waals surface area contributed by atoms with Crippen LogP contribution in [0.1, 0.15) is 40.9 Å². The van der Waals surface area contributed by atoms with E-state index in [0.717, 1.165) is 0 Å². The van der Waals surface area contributed by atoms with E-state index in [2.05, 4.69) is 43.1 Å². The Morgan fingerprint density at radius 2 is 1.67 bits per heavy atom. The first-order chi connectivity index (χ1) is 23.7. The van der Waals surface area contributed by atoms with Gasteiger partial charge in [-0.25, -0.2) is 14.8 Å². The second-order valence-corrected chi connectivity index (χ2v) is 11.2. The Balaban J connectivity index is 1.07. The fraction of sp³-hybridized carbons (Fsp3) is 0.353. The van der Waals surface area contributed by atoms with Crippen molar-refractivity contribution in [3.8, 4) is 11.8 Å². The molecule has 1 saturated heterocycles. The van der Waals surface area contributed by atoms with E-state index in [0.29, 0.717) is 80.5 Å². The van der Waals surface area contributed by atoms with Crippen LogP contribution in [-0.2, 0) is 19.1 Å². The zero-order chi connectivity index (χ0) is 34.8. The summed E-state index contributed by atoms with van der Waals surface area (Å²) in [6.45, 7) is 2.42. The number of halogens is 1. The predicted octanol–water partition coefficient (Wildman–Crippen LogP) is 2.43. The standard InChI is InChI=1S/C34H38ClN7O7/c35-30-21-28(8-12-37-30)41-34(47)40-27-7-11-36-26(20-27)6-5-24-3-1-4-25(19-24)33(46)38-13-18-49-16-2-15-48-17-10-31(44)39-22-32(45)42-14-9-29(43)23-42/h1,3-4,7-8,11-12,19-21,29,43H,2,9-10,13-18,22-23H2,(H,38,46)(H,39,44)(H2,36,37,40,41,47). The number of benzene rings is 1. The van der Waals surface area contributed by atoms with Crippen molar-refractivity contribution >= 4 is 46.7 Å². The highest BCUT2D eigenvalue weighted by atomic mass is 35.5. The summed E-state index contributed by atoms with van der Waals surface area (Å²) < 4.78 is 11.0. The number of ether oxygens (including phenoxy) is 2. The van der Waals surface area contributed by atoms with E-state index in [-0.39, 0.29) is 42.4 Å². The van der Waals surface area contributed by atoms with Crippen LogP contribution in [0.15, 0.2) is 60.9 Å². The average molecular weight is 692 g/mol. The third-order valence-corrected chi connectivity index (χ3v) is 7.20. The number of rotatable bonds is 15. The fourth-order valence-corrected chi connectivity index (χ4v) is 4.71. The Hall–Kier alpha value is -5.07. The Kier molecular flexibility index (Phi) is 14.8. The van der Waals surface area contributed by atoms with E-state index in [1.165, 1.54) is 23.4 Å². The molecule has 0 bridgehead atoms. The van der Waals surface area contributed by atoms with Crippen LogP contribution in [-0.4, -0.2) is 102 Å². The molecule has 2 aromatic heterocycles. The number of aliphatic hydroxyl groups excluding tert-OH is 1. The van der Waals surface area contributed by atoms with Gasteiger partial charge >= 0.3 is 6.03 Å². The van der Waals surface area contributed by atoms with Crippen molar-refractivity contribution < 1.29 is 33.8 Å². The highest BCUT2D eigenvalue weighted by Crippen LogP contribution is 2.14. The number of nitrogens with zero attached hydrogens (tertiary/aromatic N) is 3. The van der Waals surface area contributed by atoms with E-state index < -0.39 is 12.1 Å². The van der Waals surface area contributed by atoms with Crippen LogP contribution in [0.25, 0.3) is 0 Å². The summed E-state index contributed by atoms with van der Waals surface area (Å²) in [4.78, 5) is 58.5. The summed E-state index contributed by atoms with van der Waals surface area (Å²) in [5.41, 5.74) is 2.47. The molecule has 14 nitrogen and oxygen atoms in total. The molecule has 1 aliphatic heterocycles. The molecule has 1 unspecified atom stereocenters. The lowest BCUT2D eigenvalue weighted by atomic mass is 10.1. The van der Waals surface area contributed by atoms with E-state index in [4.69, 9.17) is 21.1 Å². The first-order valence-electron chi connectivity index (χ1n) is 15.7. The number of hydrogen-bond acceptors (Lipinski definition) is 9. The smallest absolute Gasteiger partial charge is 0.323 e. The summed E-state index contributed by atoms with van der Waals surface area (Å²) >= 11 is 5.85. The van der Waals surface area contributed by atoms with Gasteiger partial charge in [-0.1, -0.05) is 23.6 Å². The van der Waals surface area contributed by atoms with Gasteiger partial charge in [0.05, 0.1) is 25.9 Å². The summed E-state index contributed by atoms with van der Waals surface area (Å²) in [6, 6.07) is 12.8. The highest BCUT2D eigenvalue weighted by Gasteiger charge is 2.24. The number of carbonyl (C=O) groups excluding carboxylic acids is 4. The molecular weight excluding hydrogens is 654 g/mol. The van der Waals surface area contributed by atoms with Crippen LogP contribution < -0.4 is 21.3 Å². The molecule has 0 spiro atoms. The molecule has 1 aromatic carbocycles. The van der Waals surface area contributed by atoms with Gasteiger partial charge in [-0.15, -0.1) is 0 Å². The first kappa shape index (κ1) is 36.8. The van der Waals surface area contributed by atoms with Crippen molar-refractivity contribution in [3.63, 3.8) is 0 Å². The quantitative estimate of drug-likeness (QED) is 0.0908. The third-order valence-electron chi connectivity index (χ3n) is 7.00. The number of aromatic nitrogens is 2. The normalized spacial score (nSPS) is 13.6. The Morgan fingerprint density at radius 3 is 2.43 bits per heavy atom. The number of likely N-dealkylation sites (tertiary alicyclic amines) is 1. The molecule has 0 radical (unpaired) electrons. The monoisotopic (exact) mass is 691 g/mol. The van der Waals surface area contributed by atoms with Crippen molar-refractivity contribution in [3.05, 3.63) is 82.9 Å². The van der Waals surface area contributed by atoms with Crippen LogP contribution in [0.5, 0.6) is 0 Å². The lowest BCUT2D eigenvalue weighted by Crippen LogP contribution is -2.39. The lowest BCUT2D eigenvalue weighted by Gasteiger charge is -2.15. The summed E-state index contributed by atoms with van der Waals surface area (Å²) in [6.07, 6.45) is 3.84. The number of pyridine rings is 2. The van der Waals surface area contributed by atoms with Crippen LogP contribution >= 0.6 is 11.6 Å². The number of urea groups is 1. The van der Waals surface area contributed by atoms with Gasteiger partial charge in [-0.2, -0.15) is 0 Å². The molecule has 4 rings (SSSR count). The van der Waals surface area contributed by atoms with Gasteiger partial charge in [-0.05, 0) is 61.2 Å². The van der Waals surface area contributed by atoms with Crippen molar-refractivity contribution in [1.29, 1.82) is 0 Å². The number of nitrogens with one attached hydrogen (secondary N) is 4. The number of aliphatic hydroxyl groups is 1. The maximum absolute atomic E-state index is 12.6. The second-order valence-electron chi connectivity index (χ2n) is 10.9. The van der Waals surface area contributed by atoms with Crippen molar-refractivity contribution in [2.45, 2.75) is 25.4 Å². The van der Waals surface area contributed by atoms with Gasteiger partial charge in [0, 0.05) is 74.2 Å². The molecule has 258 valence electrons. The number of β-amino-alcohol motifs (C(OH)–C–C–N with tert-alkyl or cyclic N) is 1. The molecule has 3 aromatic rings. The molecule has 49 heavy (non-hydrogen) atoms. The maximum atomic E-state index is 12.6. The molecule has 1 atom stereocenters. The van der Waals surface area contributed by atoms with Gasteiger partial charge in [0.15, 0.2) is 0 Å². The molecule has 15 heteroatoms. The van der Waals surface area contributed by atoms with Crippen LogP contribution in [0.3, 0.4) is 0 Å². The maximum Gasteiger partial charge on any atom is 0.323 e.